The number of hydrogen-bond donors (Lipinski definition) is 0. The SMILES string of the molecule is O=C(Oc1ccccc1C=NN1C(=O)C2C3C=CC(C3)C2C1=O)c1ccc2c(c1)OCO2. The summed E-state index contributed by atoms with van der Waals surface area (Å²) in [5, 5.41) is 5.15. The first-order valence-corrected chi connectivity index (χ1v) is 10.4. The lowest BCUT2D eigenvalue weighted by Gasteiger charge is -2.13. The quantitative estimate of drug-likeness (QED) is 0.243. The van der Waals surface area contributed by atoms with Crippen molar-refractivity contribution in [1.82, 2.24) is 5.01 Å². The van der Waals surface area contributed by atoms with Gasteiger partial charge in [-0.05, 0) is 48.6 Å². The van der Waals surface area contributed by atoms with Gasteiger partial charge in [0.2, 0.25) is 6.79 Å². The number of rotatable bonds is 4. The second-order valence-corrected chi connectivity index (χ2v) is 8.23. The summed E-state index contributed by atoms with van der Waals surface area (Å²) >= 11 is 0. The number of fused-ring (bicyclic) bond motifs is 6. The predicted octanol–water partition coefficient (Wildman–Crippen LogP) is 2.78. The van der Waals surface area contributed by atoms with E-state index >= 15 is 0 Å². The first-order valence-electron chi connectivity index (χ1n) is 10.4. The average Bonchev–Trinajstić information content (AvgIpc) is 3.58. The van der Waals surface area contributed by atoms with Crippen molar-refractivity contribution < 1.29 is 28.6 Å². The first-order chi connectivity index (χ1) is 15.6. The lowest BCUT2D eigenvalue weighted by atomic mass is 9.85. The van der Waals surface area contributed by atoms with Gasteiger partial charge in [-0.3, -0.25) is 9.59 Å². The van der Waals surface area contributed by atoms with Crippen LogP contribution in [0.4, 0.5) is 0 Å². The molecule has 1 saturated carbocycles. The normalized spacial score (nSPS) is 26.9. The molecule has 160 valence electrons. The lowest BCUT2D eigenvalue weighted by Crippen LogP contribution is -2.28. The average molecular weight is 430 g/mol. The minimum Gasteiger partial charge on any atom is -0.454 e. The number of nitrogens with zero attached hydrogens (tertiary/aromatic N) is 2. The fourth-order valence-corrected chi connectivity index (χ4v) is 4.98. The van der Waals surface area contributed by atoms with Crippen LogP contribution < -0.4 is 14.2 Å². The Labute approximate surface area is 183 Å². The number of allylic oxidation sites excluding steroid dienone is 2. The molecule has 2 heterocycles. The van der Waals surface area contributed by atoms with Gasteiger partial charge in [0.05, 0.1) is 23.6 Å². The van der Waals surface area contributed by atoms with Crippen LogP contribution in [0.1, 0.15) is 22.3 Å². The van der Waals surface area contributed by atoms with E-state index < -0.39 is 5.97 Å². The Morgan fingerprint density at radius 1 is 1.00 bits per heavy atom. The van der Waals surface area contributed by atoms with E-state index in [0.29, 0.717) is 22.6 Å². The molecule has 2 aromatic carbocycles. The molecule has 2 bridgehead atoms. The number of benzene rings is 2. The van der Waals surface area contributed by atoms with Crippen LogP contribution in [0.25, 0.3) is 0 Å². The smallest absolute Gasteiger partial charge is 0.343 e. The van der Waals surface area contributed by atoms with Crippen molar-refractivity contribution in [3.8, 4) is 17.2 Å². The highest BCUT2D eigenvalue weighted by Gasteiger charge is 2.59. The summed E-state index contributed by atoms with van der Waals surface area (Å²) in [5.41, 5.74) is 0.780. The van der Waals surface area contributed by atoms with Crippen molar-refractivity contribution >= 4 is 24.0 Å². The van der Waals surface area contributed by atoms with Crippen molar-refractivity contribution in [3.05, 3.63) is 65.7 Å². The van der Waals surface area contributed by atoms with E-state index in [-0.39, 0.29) is 48.0 Å². The molecule has 0 N–H and O–H groups in total. The highest BCUT2D eigenvalue weighted by molar-refractivity contribution is 6.07. The van der Waals surface area contributed by atoms with Crippen LogP contribution in [0, 0.1) is 23.7 Å². The monoisotopic (exact) mass is 430 g/mol. The zero-order valence-electron chi connectivity index (χ0n) is 16.8. The molecule has 2 amide bonds. The number of esters is 1. The van der Waals surface area contributed by atoms with Crippen molar-refractivity contribution in [1.29, 1.82) is 0 Å². The van der Waals surface area contributed by atoms with Crippen LogP contribution in [-0.2, 0) is 9.59 Å². The molecule has 6 rings (SSSR count). The van der Waals surface area contributed by atoms with E-state index in [1.54, 1.807) is 42.5 Å². The molecule has 0 spiro atoms. The highest BCUT2D eigenvalue weighted by Crippen LogP contribution is 2.52. The fourth-order valence-electron chi connectivity index (χ4n) is 4.98. The molecule has 32 heavy (non-hydrogen) atoms. The second-order valence-electron chi connectivity index (χ2n) is 8.23. The Hall–Kier alpha value is -3.94. The van der Waals surface area contributed by atoms with Gasteiger partial charge in [-0.2, -0.15) is 10.1 Å². The summed E-state index contributed by atoms with van der Waals surface area (Å²) in [7, 11) is 0. The second kappa shape index (κ2) is 7.05. The van der Waals surface area contributed by atoms with Gasteiger partial charge >= 0.3 is 5.97 Å². The Bertz CT molecular complexity index is 1190. The standard InChI is InChI=1S/C24H18N2O6/c27-22-20-13-5-6-14(9-13)21(20)23(28)26(22)25-11-16-3-1-2-4-17(16)32-24(29)15-7-8-18-19(10-15)31-12-30-18/h1-8,10-11,13-14,20-21H,9,12H2. The Morgan fingerprint density at radius 2 is 1.72 bits per heavy atom. The molecular weight excluding hydrogens is 412 g/mol. The Balaban J connectivity index is 1.22. The number of carbonyl (C=O) groups is 3. The van der Waals surface area contributed by atoms with Crippen LogP contribution in [0.3, 0.4) is 0 Å². The molecule has 2 fully saturated rings. The van der Waals surface area contributed by atoms with Gasteiger partial charge < -0.3 is 14.2 Å². The number of hydrazone groups is 1. The molecule has 0 aromatic heterocycles. The van der Waals surface area contributed by atoms with Gasteiger partial charge in [0.1, 0.15) is 5.75 Å². The largest absolute Gasteiger partial charge is 0.454 e. The third kappa shape index (κ3) is 2.83. The van der Waals surface area contributed by atoms with E-state index in [0.717, 1.165) is 11.4 Å². The third-order valence-electron chi connectivity index (χ3n) is 6.49. The van der Waals surface area contributed by atoms with Crippen molar-refractivity contribution in [2.45, 2.75) is 6.42 Å². The molecule has 2 aliphatic carbocycles. The molecule has 8 nitrogen and oxygen atoms in total. The molecule has 2 aromatic rings. The summed E-state index contributed by atoms with van der Waals surface area (Å²) in [6.45, 7) is 0.111. The molecule has 1 saturated heterocycles. The fraction of sp³-hybridized carbons (Fsp3) is 0.250. The van der Waals surface area contributed by atoms with E-state index in [4.69, 9.17) is 14.2 Å². The van der Waals surface area contributed by atoms with Crippen LogP contribution in [0.2, 0.25) is 0 Å². The Kier molecular flexibility index (Phi) is 4.14. The van der Waals surface area contributed by atoms with Gasteiger partial charge in [0, 0.05) is 5.56 Å². The van der Waals surface area contributed by atoms with E-state index in [1.807, 2.05) is 12.2 Å². The number of para-hydroxylation sites is 1. The molecule has 4 aliphatic rings. The van der Waals surface area contributed by atoms with Gasteiger partial charge in [0.25, 0.3) is 11.8 Å². The summed E-state index contributed by atoms with van der Waals surface area (Å²) in [4.78, 5) is 38.3. The maximum absolute atomic E-state index is 12.8. The highest BCUT2D eigenvalue weighted by atomic mass is 16.7. The van der Waals surface area contributed by atoms with Crippen molar-refractivity contribution in [2.24, 2.45) is 28.8 Å². The van der Waals surface area contributed by atoms with Crippen molar-refractivity contribution in [3.63, 3.8) is 0 Å². The number of amides is 2. The number of imide groups is 1. The molecule has 4 unspecified atom stereocenters. The summed E-state index contributed by atoms with van der Waals surface area (Å²) in [6.07, 6.45) is 6.32. The van der Waals surface area contributed by atoms with E-state index in [2.05, 4.69) is 5.10 Å². The van der Waals surface area contributed by atoms with Crippen LogP contribution in [0.5, 0.6) is 17.2 Å². The van der Waals surface area contributed by atoms with Crippen LogP contribution in [0.15, 0.2) is 59.7 Å². The number of carbonyl (C=O) groups excluding carboxylic acids is 3. The van der Waals surface area contributed by atoms with Gasteiger partial charge in [-0.25, -0.2) is 4.79 Å². The maximum Gasteiger partial charge on any atom is 0.343 e. The summed E-state index contributed by atoms with van der Waals surface area (Å²) in [5.74, 6) is -0.159. The van der Waals surface area contributed by atoms with Gasteiger partial charge in [-0.15, -0.1) is 0 Å². The minimum absolute atomic E-state index is 0.111. The number of hydrogen-bond acceptors (Lipinski definition) is 7. The predicted molar refractivity (Wildman–Crippen MR) is 111 cm³/mol. The van der Waals surface area contributed by atoms with Crippen molar-refractivity contribution in [2.75, 3.05) is 6.79 Å². The first kappa shape index (κ1) is 18.8. The maximum atomic E-state index is 12.8. The zero-order valence-corrected chi connectivity index (χ0v) is 16.8. The third-order valence-corrected chi connectivity index (χ3v) is 6.49. The summed E-state index contributed by atoms with van der Waals surface area (Å²) in [6, 6.07) is 11.6. The molecule has 4 atom stereocenters. The van der Waals surface area contributed by atoms with Gasteiger partial charge in [0.15, 0.2) is 11.5 Å². The molecule has 2 aliphatic heterocycles. The van der Waals surface area contributed by atoms with Gasteiger partial charge in [-0.1, -0.05) is 24.3 Å². The number of ether oxygens (including phenoxy) is 3. The Morgan fingerprint density at radius 3 is 2.50 bits per heavy atom. The summed E-state index contributed by atoms with van der Waals surface area (Å²) < 4.78 is 16.1. The van der Waals surface area contributed by atoms with E-state index in [9.17, 15) is 14.4 Å². The van der Waals surface area contributed by atoms with E-state index in [1.165, 1.54) is 6.21 Å². The van der Waals surface area contributed by atoms with Crippen LogP contribution in [-0.4, -0.2) is 35.8 Å². The molecule has 8 heteroatoms. The molecule has 0 radical (unpaired) electrons. The zero-order chi connectivity index (χ0) is 21.8. The minimum atomic E-state index is -0.574. The lowest BCUT2D eigenvalue weighted by molar-refractivity contribution is -0.140. The van der Waals surface area contributed by atoms with Crippen LogP contribution >= 0.6 is 0 Å². The topological polar surface area (TPSA) is 94.5 Å². The molecular formula is C24H18N2O6.